The minimum atomic E-state index is -3.74. The van der Waals surface area contributed by atoms with Gasteiger partial charge in [-0.2, -0.15) is 0 Å². The van der Waals surface area contributed by atoms with E-state index in [1.54, 1.807) is 5.38 Å². The molecule has 1 aromatic rings. The number of thiophene rings is 1. The summed E-state index contributed by atoms with van der Waals surface area (Å²) >= 11 is 1.05. The smallest absolute Gasteiger partial charge is 0.349 e. The number of esters is 1. The number of methoxy groups -OCH3 is 1. The molecule has 0 aromatic carbocycles. The molecule has 2 N–H and O–H groups in total. The van der Waals surface area contributed by atoms with Crippen LogP contribution >= 0.6 is 11.3 Å². The molecule has 1 rings (SSSR count). The van der Waals surface area contributed by atoms with Crippen LogP contribution in [0.15, 0.2) is 16.3 Å². The largest absolute Gasteiger partial charge is 0.465 e. The second kappa shape index (κ2) is 6.21. The van der Waals surface area contributed by atoms with Crippen LogP contribution < -0.4 is 5.73 Å². The lowest BCUT2D eigenvalue weighted by molar-refractivity contribution is 0.0602. The quantitative estimate of drug-likeness (QED) is 0.794. The van der Waals surface area contributed by atoms with E-state index >= 15 is 0 Å². The molecule has 0 aliphatic carbocycles. The van der Waals surface area contributed by atoms with Crippen LogP contribution in [-0.4, -0.2) is 45.9 Å². The first-order chi connectivity index (χ1) is 9.15. The molecule has 1 heterocycles. The number of nitrogens with zero attached hydrogens (tertiary/aromatic N) is 1. The highest BCUT2D eigenvalue weighted by Gasteiger charge is 2.31. The van der Waals surface area contributed by atoms with Gasteiger partial charge in [-0.1, -0.05) is 13.8 Å². The highest BCUT2D eigenvalue weighted by Crippen LogP contribution is 2.27. The Balaban J connectivity index is 3.12. The number of carbonyl (C=O) groups is 1. The van der Waals surface area contributed by atoms with Crippen molar-refractivity contribution in [2.75, 3.05) is 27.2 Å². The lowest BCUT2D eigenvalue weighted by atomic mass is 9.94. The molecule has 0 amide bonds. The molecule has 0 aliphatic heterocycles. The molecular formula is C12H20N2O4S2. The number of ether oxygens (including phenoxy) is 1. The normalized spacial score (nSPS) is 12.7. The molecule has 0 saturated heterocycles. The molecule has 0 saturated carbocycles. The molecule has 114 valence electrons. The average molecular weight is 320 g/mol. The molecule has 0 fully saturated rings. The topological polar surface area (TPSA) is 89.7 Å². The predicted octanol–water partition coefficient (Wildman–Crippen LogP) is 1.14. The lowest BCUT2D eigenvalue weighted by Gasteiger charge is -2.28. The number of sulfonamides is 1. The van der Waals surface area contributed by atoms with Gasteiger partial charge >= 0.3 is 5.97 Å². The zero-order valence-electron chi connectivity index (χ0n) is 12.0. The van der Waals surface area contributed by atoms with Crippen molar-refractivity contribution in [1.29, 1.82) is 0 Å². The van der Waals surface area contributed by atoms with E-state index in [-0.39, 0.29) is 21.7 Å². The van der Waals surface area contributed by atoms with Crippen LogP contribution in [0.4, 0.5) is 0 Å². The molecule has 0 bridgehead atoms. The third-order valence-electron chi connectivity index (χ3n) is 2.89. The van der Waals surface area contributed by atoms with Gasteiger partial charge in [0.2, 0.25) is 10.0 Å². The van der Waals surface area contributed by atoms with Crippen molar-refractivity contribution in [1.82, 2.24) is 4.31 Å². The number of nitrogens with two attached hydrogens (primary N) is 1. The maximum atomic E-state index is 12.5. The van der Waals surface area contributed by atoms with Crippen LogP contribution in [0.2, 0.25) is 0 Å². The van der Waals surface area contributed by atoms with Crippen molar-refractivity contribution in [3.8, 4) is 0 Å². The summed E-state index contributed by atoms with van der Waals surface area (Å²) < 4.78 is 30.8. The second-order valence-electron chi connectivity index (χ2n) is 5.23. The Labute approximate surface area is 123 Å². The van der Waals surface area contributed by atoms with Crippen LogP contribution in [0, 0.1) is 5.41 Å². The van der Waals surface area contributed by atoms with Crippen molar-refractivity contribution in [2.24, 2.45) is 11.1 Å². The Morgan fingerprint density at radius 2 is 2.10 bits per heavy atom. The van der Waals surface area contributed by atoms with Gasteiger partial charge in [0.05, 0.1) is 7.11 Å². The fraction of sp³-hybridized carbons (Fsp3) is 0.583. The summed E-state index contributed by atoms with van der Waals surface area (Å²) in [6.45, 7) is 4.39. The van der Waals surface area contributed by atoms with Crippen molar-refractivity contribution in [3.63, 3.8) is 0 Å². The molecular weight excluding hydrogens is 300 g/mol. The average Bonchev–Trinajstić information content (AvgIpc) is 2.87. The lowest BCUT2D eigenvalue weighted by Crippen LogP contribution is -2.39. The third-order valence-corrected chi connectivity index (χ3v) is 5.76. The van der Waals surface area contributed by atoms with E-state index in [2.05, 4.69) is 4.74 Å². The Morgan fingerprint density at radius 3 is 2.60 bits per heavy atom. The Bertz CT molecular complexity index is 578. The summed E-state index contributed by atoms with van der Waals surface area (Å²) in [5.74, 6) is -0.648. The van der Waals surface area contributed by atoms with Crippen molar-refractivity contribution >= 4 is 27.3 Å². The maximum Gasteiger partial charge on any atom is 0.349 e. The van der Waals surface area contributed by atoms with Crippen LogP contribution in [0.3, 0.4) is 0 Å². The molecule has 0 atom stereocenters. The molecule has 0 unspecified atom stereocenters. The van der Waals surface area contributed by atoms with Gasteiger partial charge in [-0.15, -0.1) is 11.3 Å². The fourth-order valence-electron chi connectivity index (χ4n) is 1.66. The van der Waals surface area contributed by atoms with Gasteiger partial charge in [-0.3, -0.25) is 0 Å². The minimum Gasteiger partial charge on any atom is -0.465 e. The monoisotopic (exact) mass is 320 g/mol. The van der Waals surface area contributed by atoms with Crippen LogP contribution in [0.5, 0.6) is 0 Å². The van der Waals surface area contributed by atoms with E-state index in [0.717, 1.165) is 11.3 Å². The van der Waals surface area contributed by atoms with Crippen LogP contribution in [-0.2, 0) is 14.8 Å². The van der Waals surface area contributed by atoms with Crippen LogP contribution in [0.25, 0.3) is 0 Å². The van der Waals surface area contributed by atoms with Crippen LogP contribution in [0.1, 0.15) is 23.5 Å². The van der Waals surface area contributed by atoms with Gasteiger partial charge in [0.25, 0.3) is 0 Å². The summed E-state index contributed by atoms with van der Waals surface area (Å²) in [6.07, 6.45) is 0. The molecule has 20 heavy (non-hydrogen) atoms. The summed E-state index contributed by atoms with van der Waals surface area (Å²) in [5, 5.41) is 1.56. The number of rotatable bonds is 6. The van der Waals surface area contributed by atoms with E-state index in [0.29, 0.717) is 6.54 Å². The second-order valence-corrected chi connectivity index (χ2v) is 8.16. The highest BCUT2D eigenvalue weighted by atomic mass is 32.2. The molecule has 0 aliphatic rings. The molecule has 8 heteroatoms. The summed E-state index contributed by atoms with van der Waals surface area (Å²) in [7, 11) is -1.04. The number of hydrogen-bond donors (Lipinski definition) is 1. The van der Waals surface area contributed by atoms with E-state index in [4.69, 9.17) is 5.73 Å². The molecule has 6 nitrogen and oxygen atoms in total. The molecule has 0 spiro atoms. The number of carbonyl (C=O) groups excluding carboxylic acids is 1. The van der Waals surface area contributed by atoms with E-state index < -0.39 is 16.0 Å². The van der Waals surface area contributed by atoms with Gasteiger partial charge in [-0.05, 0) is 23.4 Å². The predicted molar refractivity (Wildman–Crippen MR) is 78.3 cm³/mol. The Kier molecular flexibility index (Phi) is 5.31. The minimum absolute atomic E-state index is 0.0235. The number of hydrogen-bond acceptors (Lipinski definition) is 6. The van der Waals surface area contributed by atoms with Gasteiger partial charge < -0.3 is 10.5 Å². The third kappa shape index (κ3) is 3.57. The molecule has 0 radical (unpaired) electrons. The standard InChI is InChI=1S/C12H20N2O4S2/c1-12(2,7-13)8-14(3)20(16,17)9-5-6-19-10(9)11(15)18-4/h5-6H,7-8,13H2,1-4H3. The van der Waals surface area contributed by atoms with Crippen molar-refractivity contribution in [3.05, 3.63) is 16.3 Å². The maximum absolute atomic E-state index is 12.5. The van der Waals surface area contributed by atoms with Gasteiger partial charge in [0.1, 0.15) is 9.77 Å². The van der Waals surface area contributed by atoms with E-state index in [1.165, 1.54) is 24.5 Å². The van der Waals surface area contributed by atoms with Gasteiger partial charge in [0.15, 0.2) is 0 Å². The summed E-state index contributed by atoms with van der Waals surface area (Å²) in [4.78, 5) is 11.7. The SMILES string of the molecule is COC(=O)c1sccc1S(=O)(=O)N(C)CC(C)(C)CN. The van der Waals surface area contributed by atoms with E-state index in [1.807, 2.05) is 13.8 Å². The Hall–Kier alpha value is -0.960. The van der Waals surface area contributed by atoms with Gasteiger partial charge in [0, 0.05) is 13.6 Å². The fourth-order valence-corrected chi connectivity index (χ4v) is 4.33. The van der Waals surface area contributed by atoms with Gasteiger partial charge in [-0.25, -0.2) is 17.5 Å². The highest BCUT2D eigenvalue weighted by molar-refractivity contribution is 7.89. The first-order valence-electron chi connectivity index (χ1n) is 5.98. The van der Waals surface area contributed by atoms with E-state index in [9.17, 15) is 13.2 Å². The van der Waals surface area contributed by atoms with Crippen molar-refractivity contribution in [2.45, 2.75) is 18.7 Å². The summed E-state index contributed by atoms with van der Waals surface area (Å²) in [5.41, 5.74) is 5.28. The molecule has 1 aromatic heterocycles. The Morgan fingerprint density at radius 1 is 1.50 bits per heavy atom. The first-order valence-corrected chi connectivity index (χ1v) is 8.30. The summed E-state index contributed by atoms with van der Waals surface area (Å²) in [6, 6.07) is 1.41. The zero-order chi connectivity index (χ0) is 15.6. The van der Waals surface area contributed by atoms with Crippen molar-refractivity contribution < 1.29 is 17.9 Å². The zero-order valence-corrected chi connectivity index (χ0v) is 13.7. The first kappa shape index (κ1) is 17.1.